The number of hydrogen-bond donors (Lipinski definition) is 1. The van der Waals surface area contributed by atoms with Crippen molar-refractivity contribution < 1.29 is 4.74 Å². The van der Waals surface area contributed by atoms with E-state index in [0.717, 1.165) is 16.9 Å². The van der Waals surface area contributed by atoms with Crippen molar-refractivity contribution in [2.45, 2.75) is 13.8 Å². The Balaban J connectivity index is 2.30. The van der Waals surface area contributed by atoms with Crippen molar-refractivity contribution in [1.29, 1.82) is 0 Å². The van der Waals surface area contributed by atoms with Crippen LogP contribution >= 0.6 is 0 Å². The summed E-state index contributed by atoms with van der Waals surface area (Å²) < 4.78 is 7.27. The Morgan fingerprint density at radius 3 is 2.31 bits per heavy atom. The average molecular weight is 217 g/mol. The largest absolute Gasteiger partial charge is 0.436 e. The second kappa shape index (κ2) is 3.89. The molecule has 0 bridgehead atoms. The smallest absolute Gasteiger partial charge is 0.261 e. The van der Waals surface area contributed by atoms with Gasteiger partial charge in [-0.05, 0) is 37.1 Å². The molecule has 4 heteroatoms. The van der Waals surface area contributed by atoms with E-state index in [2.05, 4.69) is 11.2 Å². The predicted molar refractivity (Wildman–Crippen MR) is 63.6 cm³/mol. The number of nitrogens with zero attached hydrogens (tertiary/aromatic N) is 2. The van der Waals surface area contributed by atoms with Gasteiger partial charge < -0.3 is 10.5 Å². The normalized spacial score (nSPS) is 10.4. The van der Waals surface area contributed by atoms with E-state index in [1.807, 2.05) is 33.0 Å². The molecule has 0 unspecified atom stereocenters. The Morgan fingerprint density at radius 2 is 1.81 bits per heavy atom. The first-order chi connectivity index (χ1) is 7.54. The third-order valence-electron chi connectivity index (χ3n) is 2.23. The van der Waals surface area contributed by atoms with Crippen LogP contribution in [0.5, 0.6) is 11.6 Å². The van der Waals surface area contributed by atoms with Crippen molar-refractivity contribution in [1.82, 2.24) is 9.78 Å². The van der Waals surface area contributed by atoms with Gasteiger partial charge in [0.05, 0.1) is 6.20 Å². The number of ether oxygens (including phenoxy) is 1. The maximum Gasteiger partial charge on any atom is 0.261 e. The quantitative estimate of drug-likeness (QED) is 0.840. The zero-order valence-corrected chi connectivity index (χ0v) is 9.69. The molecule has 0 radical (unpaired) electrons. The van der Waals surface area contributed by atoms with E-state index in [9.17, 15) is 0 Å². The van der Waals surface area contributed by atoms with Crippen LogP contribution in [0.2, 0.25) is 0 Å². The van der Waals surface area contributed by atoms with Gasteiger partial charge >= 0.3 is 0 Å². The van der Waals surface area contributed by atoms with Crippen LogP contribution in [0, 0.1) is 13.8 Å². The summed E-state index contributed by atoms with van der Waals surface area (Å²) in [5.41, 5.74) is 8.61. The molecule has 0 spiro atoms. The SMILES string of the molecule is Cc1cc(C)cc(Oc2nn(C)cc2N)c1. The highest BCUT2D eigenvalue weighted by molar-refractivity contribution is 5.48. The summed E-state index contributed by atoms with van der Waals surface area (Å²) in [6, 6.07) is 6.01. The van der Waals surface area contributed by atoms with Gasteiger partial charge in [0.15, 0.2) is 0 Å². The zero-order valence-electron chi connectivity index (χ0n) is 9.69. The third-order valence-corrected chi connectivity index (χ3v) is 2.23. The summed E-state index contributed by atoms with van der Waals surface area (Å²) in [7, 11) is 1.81. The molecule has 0 saturated carbocycles. The minimum Gasteiger partial charge on any atom is -0.436 e. The van der Waals surface area contributed by atoms with Gasteiger partial charge in [0.25, 0.3) is 5.88 Å². The Kier molecular flexibility index (Phi) is 2.56. The molecule has 2 rings (SSSR count). The van der Waals surface area contributed by atoms with E-state index >= 15 is 0 Å². The highest BCUT2D eigenvalue weighted by Crippen LogP contribution is 2.26. The van der Waals surface area contributed by atoms with Gasteiger partial charge in [-0.2, -0.15) is 0 Å². The molecule has 16 heavy (non-hydrogen) atoms. The van der Waals surface area contributed by atoms with Crippen LogP contribution in [-0.2, 0) is 7.05 Å². The number of nitrogen functional groups attached to an aromatic ring is 1. The van der Waals surface area contributed by atoms with E-state index in [1.165, 1.54) is 0 Å². The highest BCUT2D eigenvalue weighted by atomic mass is 16.5. The molecule has 1 aromatic heterocycles. The topological polar surface area (TPSA) is 53.1 Å². The van der Waals surface area contributed by atoms with Gasteiger partial charge in [-0.15, -0.1) is 5.10 Å². The lowest BCUT2D eigenvalue weighted by molar-refractivity contribution is 0.455. The molecule has 0 amide bonds. The highest BCUT2D eigenvalue weighted by Gasteiger charge is 2.07. The lowest BCUT2D eigenvalue weighted by atomic mass is 10.1. The first-order valence-electron chi connectivity index (χ1n) is 5.10. The fourth-order valence-corrected chi connectivity index (χ4v) is 1.67. The predicted octanol–water partition coefficient (Wildman–Crippen LogP) is 2.41. The van der Waals surface area contributed by atoms with Crippen molar-refractivity contribution in [2.24, 2.45) is 7.05 Å². The van der Waals surface area contributed by atoms with E-state index in [0.29, 0.717) is 11.6 Å². The first kappa shape index (κ1) is 10.5. The number of aromatic nitrogens is 2. The number of rotatable bonds is 2. The lowest BCUT2D eigenvalue weighted by Crippen LogP contribution is -1.92. The van der Waals surface area contributed by atoms with Crippen molar-refractivity contribution in [3.05, 3.63) is 35.5 Å². The fraction of sp³-hybridized carbons (Fsp3) is 0.250. The van der Waals surface area contributed by atoms with Crippen molar-refractivity contribution in [3.63, 3.8) is 0 Å². The first-order valence-corrected chi connectivity index (χ1v) is 5.10. The van der Waals surface area contributed by atoms with Crippen LogP contribution in [0.4, 0.5) is 5.69 Å². The molecule has 0 atom stereocenters. The Bertz CT molecular complexity index is 497. The molecule has 2 aromatic rings. The minimum atomic E-state index is 0.451. The molecule has 1 heterocycles. The van der Waals surface area contributed by atoms with Gasteiger partial charge in [-0.3, -0.25) is 4.68 Å². The second-order valence-electron chi connectivity index (χ2n) is 3.99. The number of nitrogens with two attached hydrogens (primary N) is 1. The molecule has 2 N–H and O–H groups in total. The van der Waals surface area contributed by atoms with Gasteiger partial charge in [-0.25, -0.2) is 0 Å². The number of benzene rings is 1. The monoisotopic (exact) mass is 217 g/mol. The average Bonchev–Trinajstić information content (AvgIpc) is 2.43. The molecule has 0 aliphatic heterocycles. The van der Waals surface area contributed by atoms with Crippen LogP contribution in [0.3, 0.4) is 0 Å². The van der Waals surface area contributed by atoms with E-state index in [-0.39, 0.29) is 0 Å². The maximum atomic E-state index is 5.76. The van der Waals surface area contributed by atoms with E-state index < -0.39 is 0 Å². The molecule has 0 saturated heterocycles. The lowest BCUT2D eigenvalue weighted by Gasteiger charge is -2.05. The molecule has 0 fully saturated rings. The second-order valence-corrected chi connectivity index (χ2v) is 3.99. The molecular weight excluding hydrogens is 202 g/mol. The van der Waals surface area contributed by atoms with Crippen LogP contribution in [0.15, 0.2) is 24.4 Å². The Morgan fingerprint density at radius 1 is 1.19 bits per heavy atom. The zero-order chi connectivity index (χ0) is 11.7. The number of aryl methyl sites for hydroxylation is 3. The summed E-state index contributed by atoms with van der Waals surface area (Å²) in [5, 5.41) is 4.13. The van der Waals surface area contributed by atoms with Crippen LogP contribution in [-0.4, -0.2) is 9.78 Å². The van der Waals surface area contributed by atoms with Crippen LogP contribution in [0.25, 0.3) is 0 Å². The van der Waals surface area contributed by atoms with Crippen molar-refractivity contribution >= 4 is 5.69 Å². The van der Waals surface area contributed by atoms with Crippen LogP contribution < -0.4 is 10.5 Å². The van der Waals surface area contributed by atoms with Crippen molar-refractivity contribution in [3.8, 4) is 11.6 Å². The van der Waals surface area contributed by atoms with Gasteiger partial charge in [0, 0.05) is 7.05 Å². The van der Waals surface area contributed by atoms with Gasteiger partial charge in [0.2, 0.25) is 0 Å². The molecular formula is C12H15N3O. The molecule has 1 aromatic carbocycles. The van der Waals surface area contributed by atoms with E-state index in [4.69, 9.17) is 10.5 Å². The standard InChI is InChI=1S/C12H15N3O/c1-8-4-9(2)6-10(5-8)16-12-11(13)7-15(3)14-12/h4-7H,13H2,1-3H3. The minimum absolute atomic E-state index is 0.451. The molecule has 84 valence electrons. The van der Waals surface area contributed by atoms with Gasteiger partial charge in [0.1, 0.15) is 11.4 Å². The van der Waals surface area contributed by atoms with E-state index in [1.54, 1.807) is 10.9 Å². The van der Waals surface area contributed by atoms with Crippen molar-refractivity contribution in [2.75, 3.05) is 5.73 Å². The fourth-order valence-electron chi connectivity index (χ4n) is 1.67. The molecule has 0 aliphatic rings. The summed E-state index contributed by atoms with van der Waals surface area (Å²) >= 11 is 0. The Labute approximate surface area is 94.6 Å². The van der Waals surface area contributed by atoms with Gasteiger partial charge in [-0.1, -0.05) is 6.07 Å². The molecule has 0 aliphatic carbocycles. The summed E-state index contributed by atoms with van der Waals surface area (Å²) in [4.78, 5) is 0. The van der Waals surface area contributed by atoms with Crippen LogP contribution in [0.1, 0.15) is 11.1 Å². The number of hydrogen-bond acceptors (Lipinski definition) is 3. The number of anilines is 1. The summed E-state index contributed by atoms with van der Waals surface area (Å²) in [6.07, 6.45) is 1.72. The molecule has 4 nitrogen and oxygen atoms in total. The summed E-state index contributed by atoms with van der Waals surface area (Å²) in [5.74, 6) is 1.22. The Hall–Kier alpha value is -1.97. The maximum absolute atomic E-state index is 5.76. The summed E-state index contributed by atoms with van der Waals surface area (Å²) in [6.45, 7) is 4.06. The third kappa shape index (κ3) is 2.16.